The summed E-state index contributed by atoms with van der Waals surface area (Å²) in [6.07, 6.45) is 6.71. The Balaban J connectivity index is 1.98. The van der Waals surface area contributed by atoms with Gasteiger partial charge in [0.05, 0.1) is 4.92 Å². The largest absolute Gasteiger partial charge is 0.361 e. The highest BCUT2D eigenvalue weighted by molar-refractivity contribution is 5.85. The number of non-ortho nitro benzene ring substituents is 1. The van der Waals surface area contributed by atoms with Crippen molar-refractivity contribution in [1.82, 2.24) is 10.3 Å². The van der Waals surface area contributed by atoms with Crippen LogP contribution in [0.25, 0.3) is 10.9 Å². The van der Waals surface area contributed by atoms with E-state index in [-0.39, 0.29) is 10.6 Å². The van der Waals surface area contributed by atoms with Crippen molar-refractivity contribution in [1.29, 1.82) is 0 Å². The van der Waals surface area contributed by atoms with E-state index in [9.17, 15) is 10.1 Å². The van der Waals surface area contributed by atoms with E-state index in [1.165, 1.54) is 18.4 Å². The summed E-state index contributed by atoms with van der Waals surface area (Å²) in [5.41, 5.74) is 2.38. The van der Waals surface area contributed by atoms with Crippen LogP contribution >= 0.6 is 0 Å². The molecule has 2 aromatic rings. The van der Waals surface area contributed by atoms with Crippen LogP contribution in [0.3, 0.4) is 0 Å². The molecule has 0 aliphatic heterocycles. The van der Waals surface area contributed by atoms with Crippen molar-refractivity contribution in [3.05, 3.63) is 40.1 Å². The molecule has 0 radical (unpaired) electrons. The Morgan fingerprint density at radius 2 is 2.25 bits per heavy atom. The number of benzene rings is 1. The van der Waals surface area contributed by atoms with Gasteiger partial charge in [0.15, 0.2) is 0 Å². The van der Waals surface area contributed by atoms with Gasteiger partial charge in [0.2, 0.25) is 0 Å². The summed E-state index contributed by atoms with van der Waals surface area (Å²) in [6, 6.07) is 5.61. The minimum absolute atomic E-state index is 0.166. The van der Waals surface area contributed by atoms with Crippen molar-refractivity contribution in [2.24, 2.45) is 0 Å². The SMILES string of the molecule is CNC1CCCC(c2c[nH]c3ccc([N+](=O)[O-])cc23)C1. The molecule has 2 atom stereocenters. The van der Waals surface area contributed by atoms with Gasteiger partial charge in [0, 0.05) is 35.3 Å². The molecule has 5 heteroatoms. The number of aromatic nitrogens is 1. The van der Waals surface area contributed by atoms with E-state index in [0.717, 1.165) is 23.7 Å². The summed E-state index contributed by atoms with van der Waals surface area (Å²) in [5.74, 6) is 0.483. The zero-order valence-electron chi connectivity index (χ0n) is 11.6. The Hall–Kier alpha value is -1.88. The predicted octanol–water partition coefficient (Wildman–Crippen LogP) is 3.32. The summed E-state index contributed by atoms with van der Waals surface area (Å²) >= 11 is 0. The van der Waals surface area contributed by atoms with Gasteiger partial charge in [-0.3, -0.25) is 10.1 Å². The van der Waals surface area contributed by atoms with Gasteiger partial charge in [0.1, 0.15) is 0 Å². The second-order valence-corrected chi connectivity index (χ2v) is 5.58. The van der Waals surface area contributed by atoms with E-state index in [2.05, 4.69) is 10.3 Å². The Morgan fingerprint density at radius 1 is 1.40 bits per heavy atom. The minimum Gasteiger partial charge on any atom is -0.361 e. The predicted molar refractivity (Wildman–Crippen MR) is 79.0 cm³/mol. The number of nitrogens with one attached hydrogen (secondary N) is 2. The van der Waals surface area contributed by atoms with Crippen LogP contribution in [0.5, 0.6) is 0 Å². The van der Waals surface area contributed by atoms with Crippen molar-refractivity contribution >= 4 is 16.6 Å². The van der Waals surface area contributed by atoms with E-state index in [4.69, 9.17) is 0 Å². The lowest BCUT2D eigenvalue weighted by molar-refractivity contribution is -0.384. The van der Waals surface area contributed by atoms with E-state index in [1.807, 2.05) is 13.2 Å². The monoisotopic (exact) mass is 273 g/mol. The first kappa shape index (κ1) is 13.1. The molecule has 1 aromatic carbocycles. The van der Waals surface area contributed by atoms with Crippen LogP contribution in [-0.2, 0) is 0 Å². The molecule has 1 aliphatic rings. The van der Waals surface area contributed by atoms with E-state index in [0.29, 0.717) is 12.0 Å². The first-order valence-corrected chi connectivity index (χ1v) is 7.11. The van der Waals surface area contributed by atoms with Gasteiger partial charge in [-0.2, -0.15) is 0 Å². The van der Waals surface area contributed by atoms with Crippen LogP contribution in [0, 0.1) is 10.1 Å². The Morgan fingerprint density at radius 3 is 3.00 bits per heavy atom. The first-order chi connectivity index (χ1) is 9.69. The molecule has 2 N–H and O–H groups in total. The highest BCUT2D eigenvalue weighted by Crippen LogP contribution is 2.37. The summed E-state index contributed by atoms with van der Waals surface area (Å²) < 4.78 is 0. The lowest BCUT2D eigenvalue weighted by Gasteiger charge is -2.28. The number of fused-ring (bicyclic) bond motifs is 1. The number of aromatic amines is 1. The number of H-pyrrole nitrogens is 1. The highest BCUT2D eigenvalue weighted by Gasteiger charge is 2.24. The zero-order valence-corrected chi connectivity index (χ0v) is 11.6. The Bertz CT molecular complexity index is 635. The second-order valence-electron chi connectivity index (χ2n) is 5.58. The van der Waals surface area contributed by atoms with Gasteiger partial charge in [-0.15, -0.1) is 0 Å². The van der Waals surface area contributed by atoms with Crippen LogP contribution in [0.4, 0.5) is 5.69 Å². The highest BCUT2D eigenvalue weighted by atomic mass is 16.6. The van der Waals surface area contributed by atoms with E-state index >= 15 is 0 Å². The van der Waals surface area contributed by atoms with Gasteiger partial charge < -0.3 is 10.3 Å². The molecule has 0 amide bonds. The topological polar surface area (TPSA) is 71.0 Å². The molecular weight excluding hydrogens is 254 g/mol. The van der Waals surface area contributed by atoms with E-state index < -0.39 is 0 Å². The Kier molecular flexibility index (Phi) is 3.44. The second kappa shape index (κ2) is 5.25. The minimum atomic E-state index is -0.326. The number of nitro groups is 1. The number of hydrogen-bond donors (Lipinski definition) is 2. The summed E-state index contributed by atoms with van der Waals surface area (Å²) in [5, 5.41) is 15.3. The van der Waals surface area contributed by atoms with E-state index in [1.54, 1.807) is 18.2 Å². The maximum Gasteiger partial charge on any atom is 0.270 e. The molecular formula is C15H19N3O2. The van der Waals surface area contributed by atoms with Crippen LogP contribution in [0.1, 0.15) is 37.2 Å². The van der Waals surface area contributed by atoms with Gasteiger partial charge in [0.25, 0.3) is 5.69 Å². The molecule has 0 spiro atoms. The standard InChI is InChI=1S/C15H19N3O2/c1-16-11-4-2-3-10(7-11)14-9-17-15-6-5-12(18(19)20)8-13(14)15/h5-6,8-11,16-17H,2-4,7H2,1H3. The molecule has 1 aliphatic carbocycles. The third-order valence-corrected chi connectivity index (χ3v) is 4.43. The molecule has 1 heterocycles. The molecule has 5 nitrogen and oxygen atoms in total. The quantitative estimate of drug-likeness (QED) is 0.665. The van der Waals surface area contributed by atoms with Gasteiger partial charge in [-0.05, 0) is 43.9 Å². The molecule has 1 saturated carbocycles. The first-order valence-electron chi connectivity index (χ1n) is 7.11. The Labute approximate surface area is 117 Å². The smallest absolute Gasteiger partial charge is 0.270 e. The van der Waals surface area contributed by atoms with Crippen LogP contribution in [-0.4, -0.2) is 23.0 Å². The van der Waals surface area contributed by atoms with Gasteiger partial charge >= 0.3 is 0 Å². The molecule has 3 rings (SSSR count). The molecule has 2 unspecified atom stereocenters. The van der Waals surface area contributed by atoms with Crippen LogP contribution < -0.4 is 5.32 Å². The van der Waals surface area contributed by atoms with Crippen molar-refractivity contribution in [3.63, 3.8) is 0 Å². The molecule has 20 heavy (non-hydrogen) atoms. The average Bonchev–Trinajstić information content (AvgIpc) is 2.90. The van der Waals surface area contributed by atoms with Crippen molar-refractivity contribution in [2.75, 3.05) is 7.05 Å². The lowest BCUT2D eigenvalue weighted by atomic mass is 9.81. The maximum absolute atomic E-state index is 10.9. The fourth-order valence-corrected chi connectivity index (χ4v) is 3.32. The molecule has 106 valence electrons. The average molecular weight is 273 g/mol. The van der Waals surface area contributed by atoms with Crippen molar-refractivity contribution < 1.29 is 4.92 Å². The van der Waals surface area contributed by atoms with Crippen LogP contribution in [0.2, 0.25) is 0 Å². The molecule has 1 aromatic heterocycles. The third kappa shape index (κ3) is 2.29. The summed E-state index contributed by atoms with van der Waals surface area (Å²) in [4.78, 5) is 13.9. The lowest BCUT2D eigenvalue weighted by Crippen LogP contribution is -2.30. The van der Waals surface area contributed by atoms with Gasteiger partial charge in [-0.25, -0.2) is 0 Å². The normalized spacial score (nSPS) is 23.1. The number of hydrogen-bond acceptors (Lipinski definition) is 3. The number of nitro benzene ring substituents is 1. The zero-order chi connectivity index (χ0) is 14.1. The third-order valence-electron chi connectivity index (χ3n) is 4.43. The fourth-order valence-electron chi connectivity index (χ4n) is 3.32. The van der Waals surface area contributed by atoms with Crippen molar-refractivity contribution in [2.45, 2.75) is 37.6 Å². The fraction of sp³-hybridized carbons (Fsp3) is 0.467. The molecule has 1 fully saturated rings. The maximum atomic E-state index is 10.9. The summed E-state index contributed by atoms with van der Waals surface area (Å²) in [7, 11) is 2.01. The van der Waals surface area contributed by atoms with Crippen LogP contribution in [0.15, 0.2) is 24.4 Å². The summed E-state index contributed by atoms with van der Waals surface area (Å²) in [6.45, 7) is 0. The number of nitrogens with zero attached hydrogens (tertiary/aromatic N) is 1. The van der Waals surface area contributed by atoms with Gasteiger partial charge in [-0.1, -0.05) is 6.42 Å². The molecule has 0 bridgehead atoms. The van der Waals surface area contributed by atoms with Crippen molar-refractivity contribution in [3.8, 4) is 0 Å². The number of rotatable bonds is 3. The molecule has 0 saturated heterocycles.